The van der Waals surface area contributed by atoms with Gasteiger partial charge in [-0.1, -0.05) is 55.3 Å². The van der Waals surface area contributed by atoms with Gasteiger partial charge >= 0.3 is 0 Å². The fourth-order valence-electron chi connectivity index (χ4n) is 4.50. The Morgan fingerprint density at radius 3 is 2.14 bits per heavy atom. The summed E-state index contributed by atoms with van der Waals surface area (Å²) in [7, 11) is 0. The van der Waals surface area contributed by atoms with Gasteiger partial charge in [-0.25, -0.2) is 0 Å². The number of anilines is 1. The predicted molar refractivity (Wildman–Crippen MR) is 116 cm³/mol. The normalized spacial score (nSPS) is 16.9. The maximum absolute atomic E-state index is 13.3. The number of likely N-dealkylation sites (tertiary alicyclic amines) is 1. The Bertz CT molecular complexity index is 820. The molecular formula is C25H30N2O2. The van der Waals surface area contributed by atoms with E-state index in [-0.39, 0.29) is 17.7 Å². The Morgan fingerprint density at radius 1 is 0.828 bits per heavy atom. The van der Waals surface area contributed by atoms with Crippen molar-refractivity contribution < 1.29 is 9.59 Å². The lowest BCUT2D eigenvalue weighted by Crippen LogP contribution is -2.35. The van der Waals surface area contributed by atoms with Gasteiger partial charge in [-0.15, -0.1) is 0 Å². The number of hydrogen-bond acceptors (Lipinski definition) is 2. The van der Waals surface area contributed by atoms with E-state index < -0.39 is 0 Å². The van der Waals surface area contributed by atoms with Crippen molar-refractivity contribution in [2.45, 2.75) is 51.5 Å². The Hall–Kier alpha value is -2.62. The second-order valence-corrected chi connectivity index (χ2v) is 8.32. The largest absolute Gasteiger partial charge is 0.342 e. The monoisotopic (exact) mass is 390 g/mol. The summed E-state index contributed by atoms with van der Waals surface area (Å²) in [4.78, 5) is 29.6. The Balaban J connectivity index is 1.50. The lowest BCUT2D eigenvalue weighted by atomic mass is 10.0. The van der Waals surface area contributed by atoms with Gasteiger partial charge in [0, 0.05) is 24.7 Å². The lowest BCUT2D eigenvalue weighted by molar-refractivity contribution is -0.129. The van der Waals surface area contributed by atoms with Crippen LogP contribution in [0.25, 0.3) is 0 Å². The summed E-state index contributed by atoms with van der Waals surface area (Å²) < 4.78 is 0. The highest BCUT2D eigenvalue weighted by Crippen LogP contribution is 2.30. The number of carbonyl (C=O) groups is 2. The first-order valence-corrected chi connectivity index (χ1v) is 10.9. The second kappa shape index (κ2) is 9.25. The molecule has 0 bridgehead atoms. The summed E-state index contributed by atoms with van der Waals surface area (Å²) in [5.74, 6) is 0.570. The van der Waals surface area contributed by atoms with Gasteiger partial charge < -0.3 is 9.80 Å². The third kappa shape index (κ3) is 4.87. The second-order valence-electron chi connectivity index (χ2n) is 8.32. The minimum Gasteiger partial charge on any atom is -0.342 e. The van der Waals surface area contributed by atoms with Crippen LogP contribution >= 0.6 is 0 Å². The topological polar surface area (TPSA) is 40.6 Å². The third-order valence-electron chi connectivity index (χ3n) is 6.22. The van der Waals surface area contributed by atoms with Crippen LogP contribution in [-0.2, 0) is 22.6 Å². The van der Waals surface area contributed by atoms with Crippen molar-refractivity contribution in [3.05, 3.63) is 65.7 Å². The summed E-state index contributed by atoms with van der Waals surface area (Å²) >= 11 is 0. The standard InChI is InChI=1S/C25H30N2O2/c28-24(26-16-6-7-17-26)18-20-12-14-23(15-13-20)27(19-21-8-2-1-3-9-21)25(29)22-10-4-5-11-22/h1-3,8-9,12-15,22H,4-7,10-11,16-19H2. The van der Waals surface area contributed by atoms with E-state index in [2.05, 4.69) is 12.1 Å². The van der Waals surface area contributed by atoms with E-state index in [0.29, 0.717) is 13.0 Å². The summed E-state index contributed by atoms with van der Waals surface area (Å²) in [5.41, 5.74) is 3.06. The van der Waals surface area contributed by atoms with Crippen LogP contribution < -0.4 is 4.90 Å². The van der Waals surface area contributed by atoms with Gasteiger partial charge in [-0.05, 0) is 48.9 Å². The minimum atomic E-state index is 0.134. The molecule has 2 aromatic carbocycles. The first-order chi connectivity index (χ1) is 14.2. The molecule has 4 rings (SSSR count). The Kier molecular flexibility index (Phi) is 6.28. The molecule has 2 aromatic rings. The van der Waals surface area contributed by atoms with Gasteiger partial charge in [-0.3, -0.25) is 9.59 Å². The molecule has 0 atom stereocenters. The van der Waals surface area contributed by atoms with Gasteiger partial charge in [0.2, 0.25) is 11.8 Å². The van der Waals surface area contributed by atoms with Gasteiger partial charge in [0.05, 0.1) is 13.0 Å². The molecule has 2 fully saturated rings. The van der Waals surface area contributed by atoms with Crippen molar-refractivity contribution in [3.63, 3.8) is 0 Å². The fourth-order valence-corrected chi connectivity index (χ4v) is 4.50. The summed E-state index contributed by atoms with van der Waals surface area (Å²) in [5, 5.41) is 0. The quantitative estimate of drug-likeness (QED) is 0.725. The maximum Gasteiger partial charge on any atom is 0.230 e. The van der Waals surface area contributed by atoms with E-state index in [1.54, 1.807) is 0 Å². The van der Waals surface area contributed by atoms with Crippen molar-refractivity contribution in [2.75, 3.05) is 18.0 Å². The zero-order valence-electron chi connectivity index (χ0n) is 17.1. The molecule has 2 amide bonds. The number of nitrogens with zero attached hydrogens (tertiary/aromatic N) is 2. The lowest BCUT2D eigenvalue weighted by Gasteiger charge is -2.26. The minimum absolute atomic E-state index is 0.134. The molecule has 2 aliphatic rings. The van der Waals surface area contributed by atoms with Gasteiger partial charge in [-0.2, -0.15) is 0 Å². The number of rotatable bonds is 6. The third-order valence-corrected chi connectivity index (χ3v) is 6.22. The van der Waals surface area contributed by atoms with Gasteiger partial charge in [0.25, 0.3) is 0 Å². The first kappa shape index (κ1) is 19.7. The van der Waals surface area contributed by atoms with Crippen LogP contribution in [0, 0.1) is 5.92 Å². The molecule has 1 aliphatic heterocycles. The number of carbonyl (C=O) groups excluding carboxylic acids is 2. The van der Waals surface area contributed by atoms with Crippen LogP contribution in [0.15, 0.2) is 54.6 Å². The molecule has 4 nitrogen and oxygen atoms in total. The van der Waals surface area contributed by atoms with E-state index in [1.165, 1.54) is 0 Å². The number of hydrogen-bond donors (Lipinski definition) is 0. The molecule has 1 saturated carbocycles. The highest BCUT2D eigenvalue weighted by molar-refractivity contribution is 5.95. The van der Waals surface area contributed by atoms with Gasteiger partial charge in [0.15, 0.2) is 0 Å². The van der Waals surface area contributed by atoms with E-state index in [0.717, 1.165) is 68.4 Å². The maximum atomic E-state index is 13.3. The van der Waals surface area contributed by atoms with E-state index in [9.17, 15) is 9.59 Å². The molecule has 4 heteroatoms. The average molecular weight is 391 g/mol. The fraction of sp³-hybridized carbons (Fsp3) is 0.440. The molecule has 0 aromatic heterocycles. The predicted octanol–water partition coefficient (Wildman–Crippen LogP) is 4.57. The van der Waals surface area contributed by atoms with Crippen molar-refractivity contribution in [1.82, 2.24) is 4.90 Å². The molecule has 0 spiro atoms. The number of benzene rings is 2. The first-order valence-electron chi connectivity index (χ1n) is 10.9. The Labute approximate surface area is 173 Å². The smallest absolute Gasteiger partial charge is 0.230 e. The van der Waals surface area contributed by atoms with Crippen LogP contribution in [0.5, 0.6) is 0 Å². The zero-order chi connectivity index (χ0) is 20.1. The van der Waals surface area contributed by atoms with Crippen LogP contribution in [0.1, 0.15) is 49.7 Å². The molecule has 0 radical (unpaired) electrons. The molecule has 152 valence electrons. The molecule has 0 unspecified atom stereocenters. The van der Waals surface area contributed by atoms with Gasteiger partial charge in [0.1, 0.15) is 0 Å². The van der Waals surface area contributed by atoms with Crippen LogP contribution in [-0.4, -0.2) is 29.8 Å². The molecule has 1 saturated heterocycles. The van der Waals surface area contributed by atoms with E-state index >= 15 is 0 Å². The van der Waals surface area contributed by atoms with E-state index in [1.807, 2.05) is 52.3 Å². The van der Waals surface area contributed by atoms with Crippen LogP contribution in [0.3, 0.4) is 0 Å². The highest BCUT2D eigenvalue weighted by atomic mass is 16.2. The van der Waals surface area contributed by atoms with Crippen molar-refractivity contribution in [2.24, 2.45) is 5.92 Å². The van der Waals surface area contributed by atoms with Crippen molar-refractivity contribution in [1.29, 1.82) is 0 Å². The van der Waals surface area contributed by atoms with Crippen molar-refractivity contribution >= 4 is 17.5 Å². The van der Waals surface area contributed by atoms with Crippen LogP contribution in [0.4, 0.5) is 5.69 Å². The molecule has 1 aliphatic carbocycles. The number of amides is 2. The van der Waals surface area contributed by atoms with Crippen LogP contribution in [0.2, 0.25) is 0 Å². The molecular weight excluding hydrogens is 360 g/mol. The summed E-state index contributed by atoms with van der Waals surface area (Å²) in [6.07, 6.45) is 6.94. The molecule has 29 heavy (non-hydrogen) atoms. The zero-order valence-corrected chi connectivity index (χ0v) is 17.1. The Morgan fingerprint density at radius 2 is 1.48 bits per heavy atom. The SMILES string of the molecule is O=C(Cc1ccc(N(Cc2ccccc2)C(=O)C2CCCC2)cc1)N1CCCC1. The molecule has 0 N–H and O–H groups in total. The average Bonchev–Trinajstić information content (AvgIpc) is 3.47. The van der Waals surface area contributed by atoms with Crippen molar-refractivity contribution in [3.8, 4) is 0 Å². The highest BCUT2D eigenvalue weighted by Gasteiger charge is 2.28. The summed E-state index contributed by atoms with van der Waals surface area (Å²) in [6.45, 7) is 2.36. The van der Waals surface area contributed by atoms with E-state index in [4.69, 9.17) is 0 Å². The summed E-state index contributed by atoms with van der Waals surface area (Å²) in [6, 6.07) is 18.2. The molecule has 1 heterocycles.